The first-order chi connectivity index (χ1) is 15.0. The molecule has 1 saturated heterocycles. The smallest absolute Gasteiger partial charge is 0.323 e. The summed E-state index contributed by atoms with van der Waals surface area (Å²) in [6.07, 6.45) is 1.78. The van der Waals surface area contributed by atoms with Crippen LogP contribution in [0.15, 0.2) is 48.5 Å². The lowest BCUT2D eigenvalue weighted by atomic mass is 10.0. The summed E-state index contributed by atoms with van der Waals surface area (Å²) in [6, 6.07) is 16.1. The molecule has 0 saturated carbocycles. The molecule has 0 unspecified atom stereocenters. The minimum absolute atomic E-state index is 0.130. The average molecular weight is 420 g/mol. The van der Waals surface area contributed by atoms with Crippen molar-refractivity contribution in [2.75, 3.05) is 41.7 Å². The molecule has 0 aromatic heterocycles. The number of piperazine rings is 1. The van der Waals surface area contributed by atoms with Crippen molar-refractivity contribution >= 4 is 29.0 Å². The summed E-state index contributed by atoms with van der Waals surface area (Å²) in [6.45, 7) is 7.21. The number of nitrogens with one attached hydrogen (secondary N) is 2. The fraction of sp³-hybridized carbons (Fsp3) is 0.375. The fourth-order valence-corrected chi connectivity index (χ4v) is 3.80. The molecule has 0 bridgehead atoms. The van der Waals surface area contributed by atoms with Gasteiger partial charge >= 0.3 is 6.03 Å². The molecule has 2 aromatic rings. The van der Waals surface area contributed by atoms with Gasteiger partial charge in [-0.15, -0.1) is 0 Å². The van der Waals surface area contributed by atoms with Crippen molar-refractivity contribution in [1.82, 2.24) is 4.90 Å². The van der Waals surface area contributed by atoms with Crippen LogP contribution in [0.3, 0.4) is 0 Å². The first-order valence-corrected chi connectivity index (χ1v) is 10.8. The van der Waals surface area contributed by atoms with Crippen LogP contribution >= 0.6 is 0 Å². The number of benzene rings is 2. The van der Waals surface area contributed by atoms with E-state index in [2.05, 4.69) is 29.4 Å². The number of hydrogen-bond acceptors (Lipinski definition) is 4. The lowest BCUT2D eigenvalue weighted by molar-refractivity contribution is -0.136. The van der Waals surface area contributed by atoms with Gasteiger partial charge in [-0.05, 0) is 55.3 Å². The molecular formula is C24H29N5O2. The van der Waals surface area contributed by atoms with Crippen molar-refractivity contribution < 1.29 is 9.59 Å². The van der Waals surface area contributed by atoms with Crippen LogP contribution in [-0.2, 0) is 4.79 Å². The van der Waals surface area contributed by atoms with Crippen LogP contribution in [0.5, 0.6) is 0 Å². The third-order valence-corrected chi connectivity index (χ3v) is 5.67. The van der Waals surface area contributed by atoms with Gasteiger partial charge in [-0.2, -0.15) is 5.26 Å². The molecule has 1 heterocycles. The zero-order valence-electron chi connectivity index (χ0n) is 18.1. The quantitative estimate of drug-likeness (QED) is 0.731. The molecule has 2 N–H and O–H groups in total. The minimum atomic E-state index is -0.364. The predicted molar refractivity (Wildman–Crippen MR) is 123 cm³/mol. The second-order valence-electron chi connectivity index (χ2n) is 7.64. The van der Waals surface area contributed by atoms with Crippen LogP contribution in [0, 0.1) is 17.2 Å². The largest absolute Gasteiger partial charge is 0.368 e. The van der Waals surface area contributed by atoms with Gasteiger partial charge in [-0.3, -0.25) is 4.79 Å². The van der Waals surface area contributed by atoms with Crippen molar-refractivity contribution in [1.29, 1.82) is 5.26 Å². The Labute approximate surface area is 183 Å². The highest BCUT2D eigenvalue weighted by Crippen LogP contribution is 2.21. The molecule has 0 spiro atoms. The third-order valence-electron chi connectivity index (χ3n) is 5.67. The van der Waals surface area contributed by atoms with Crippen molar-refractivity contribution in [2.45, 2.75) is 26.7 Å². The molecule has 1 aliphatic rings. The molecule has 0 radical (unpaired) electrons. The van der Waals surface area contributed by atoms with Crippen molar-refractivity contribution in [3.63, 3.8) is 0 Å². The van der Waals surface area contributed by atoms with Gasteiger partial charge in [0, 0.05) is 49.2 Å². The van der Waals surface area contributed by atoms with Gasteiger partial charge in [-0.25, -0.2) is 4.79 Å². The number of carbonyl (C=O) groups is 2. The number of hydrogen-bond donors (Lipinski definition) is 2. The maximum Gasteiger partial charge on any atom is 0.323 e. The van der Waals surface area contributed by atoms with E-state index in [1.807, 2.05) is 35.2 Å². The Bertz CT molecular complexity index is 939. The van der Waals surface area contributed by atoms with E-state index in [0.29, 0.717) is 16.9 Å². The minimum Gasteiger partial charge on any atom is -0.368 e. The van der Waals surface area contributed by atoms with Crippen LogP contribution < -0.4 is 15.5 Å². The van der Waals surface area contributed by atoms with E-state index in [4.69, 9.17) is 5.26 Å². The first-order valence-electron chi connectivity index (χ1n) is 10.8. The highest BCUT2D eigenvalue weighted by atomic mass is 16.2. The Balaban J connectivity index is 1.52. The zero-order chi connectivity index (χ0) is 22.2. The second kappa shape index (κ2) is 10.5. The molecule has 1 fully saturated rings. The van der Waals surface area contributed by atoms with Crippen LogP contribution in [0.4, 0.5) is 21.9 Å². The van der Waals surface area contributed by atoms with Gasteiger partial charge in [0.25, 0.3) is 0 Å². The van der Waals surface area contributed by atoms with Crippen LogP contribution in [0.25, 0.3) is 0 Å². The van der Waals surface area contributed by atoms with Gasteiger partial charge < -0.3 is 20.4 Å². The molecule has 7 nitrogen and oxygen atoms in total. The van der Waals surface area contributed by atoms with Crippen LogP contribution in [-0.4, -0.2) is 43.0 Å². The molecule has 3 amide bonds. The van der Waals surface area contributed by atoms with Gasteiger partial charge in [0.1, 0.15) is 0 Å². The maximum absolute atomic E-state index is 12.6. The molecule has 3 rings (SSSR count). The number of amides is 3. The van der Waals surface area contributed by atoms with Crippen LogP contribution in [0.2, 0.25) is 0 Å². The van der Waals surface area contributed by atoms with E-state index in [9.17, 15) is 9.59 Å². The van der Waals surface area contributed by atoms with Crippen molar-refractivity contribution in [3.8, 4) is 6.07 Å². The normalized spacial score (nSPS) is 13.6. The van der Waals surface area contributed by atoms with E-state index in [0.717, 1.165) is 44.7 Å². The zero-order valence-corrected chi connectivity index (χ0v) is 18.1. The Hall–Kier alpha value is -3.53. The average Bonchev–Trinajstić information content (AvgIpc) is 2.80. The molecule has 31 heavy (non-hydrogen) atoms. The van der Waals surface area contributed by atoms with E-state index in [-0.39, 0.29) is 17.9 Å². The Morgan fingerprint density at radius 2 is 1.61 bits per heavy atom. The molecular weight excluding hydrogens is 390 g/mol. The Kier molecular flexibility index (Phi) is 7.50. The van der Waals surface area contributed by atoms with Gasteiger partial charge in [0.2, 0.25) is 5.91 Å². The summed E-state index contributed by atoms with van der Waals surface area (Å²) >= 11 is 0. The summed E-state index contributed by atoms with van der Waals surface area (Å²) in [5.41, 5.74) is 2.81. The fourth-order valence-electron chi connectivity index (χ4n) is 3.80. The number of rotatable bonds is 6. The molecule has 7 heteroatoms. The summed E-state index contributed by atoms with van der Waals surface area (Å²) < 4.78 is 0. The molecule has 0 aliphatic carbocycles. The Morgan fingerprint density at radius 3 is 2.23 bits per heavy atom. The monoisotopic (exact) mass is 419 g/mol. The standard InChI is InChI=1S/C24H29N5O2/c1-3-19(4-2)23(30)29-14-12-28(13-15-29)22-10-8-20(9-11-22)26-24(31)27-21-7-5-6-18(16-21)17-25/h5-11,16,19H,3-4,12-15H2,1-2H3,(H2,26,27,31). The van der Waals surface area contributed by atoms with Gasteiger partial charge in [0.15, 0.2) is 0 Å². The number of nitrogens with zero attached hydrogens (tertiary/aromatic N) is 3. The summed E-state index contributed by atoms with van der Waals surface area (Å²) in [5.74, 6) is 0.404. The topological polar surface area (TPSA) is 88.5 Å². The van der Waals surface area contributed by atoms with Gasteiger partial charge in [-0.1, -0.05) is 19.9 Å². The van der Waals surface area contributed by atoms with E-state index in [1.54, 1.807) is 24.3 Å². The highest BCUT2D eigenvalue weighted by molar-refractivity contribution is 5.99. The van der Waals surface area contributed by atoms with Gasteiger partial charge in [0.05, 0.1) is 11.6 Å². The van der Waals surface area contributed by atoms with Crippen LogP contribution in [0.1, 0.15) is 32.3 Å². The number of urea groups is 1. The van der Waals surface area contributed by atoms with Crippen molar-refractivity contribution in [2.24, 2.45) is 5.92 Å². The second-order valence-corrected chi connectivity index (χ2v) is 7.64. The SMILES string of the molecule is CCC(CC)C(=O)N1CCN(c2ccc(NC(=O)Nc3cccc(C#N)c3)cc2)CC1. The molecule has 0 atom stereocenters. The molecule has 2 aromatic carbocycles. The Morgan fingerprint density at radius 1 is 0.968 bits per heavy atom. The highest BCUT2D eigenvalue weighted by Gasteiger charge is 2.25. The lowest BCUT2D eigenvalue weighted by Gasteiger charge is -2.37. The van der Waals surface area contributed by atoms with Crippen molar-refractivity contribution in [3.05, 3.63) is 54.1 Å². The third kappa shape index (κ3) is 5.76. The number of carbonyl (C=O) groups excluding carboxylic acids is 2. The molecule has 1 aliphatic heterocycles. The van der Waals surface area contributed by atoms with E-state index in [1.165, 1.54) is 0 Å². The van der Waals surface area contributed by atoms with E-state index >= 15 is 0 Å². The maximum atomic E-state index is 12.6. The summed E-state index contributed by atoms with van der Waals surface area (Å²) in [4.78, 5) is 29.0. The summed E-state index contributed by atoms with van der Waals surface area (Å²) in [5, 5.41) is 14.5. The molecule has 162 valence electrons. The number of anilines is 3. The lowest BCUT2D eigenvalue weighted by Crippen LogP contribution is -2.50. The predicted octanol–water partition coefficient (Wildman–Crippen LogP) is 4.29. The summed E-state index contributed by atoms with van der Waals surface area (Å²) in [7, 11) is 0. The number of nitriles is 1. The first kappa shape index (κ1) is 22.2. The van der Waals surface area contributed by atoms with E-state index < -0.39 is 0 Å².